The minimum Gasteiger partial charge on any atom is -0.472 e. The van der Waals surface area contributed by atoms with Gasteiger partial charge in [-0.3, -0.25) is 0 Å². The lowest BCUT2D eigenvalue weighted by Gasteiger charge is -2.03. The molecule has 0 bridgehead atoms. The quantitative estimate of drug-likeness (QED) is 0.518. The SMILES string of the molecule is C/C(=C/CCC(C)C)CCCc1coc(Cc2ccoc2)c1. The largest absolute Gasteiger partial charge is 0.472 e. The van der Waals surface area contributed by atoms with Gasteiger partial charge in [0.1, 0.15) is 5.76 Å². The van der Waals surface area contributed by atoms with Gasteiger partial charge in [0.25, 0.3) is 0 Å². The molecule has 0 aliphatic rings. The number of rotatable bonds is 9. The van der Waals surface area contributed by atoms with Gasteiger partial charge in [-0.15, -0.1) is 0 Å². The Kier molecular flexibility index (Phi) is 6.57. The zero-order valence-electron chi connectivity index (χ0n) is 14.1. The van der Waals surface area contributed by atoms with Crippen molar-refractivity contribution in [1.29, 1.82) is 0 Å². The van der Waals surface area contributed by atoms with Crippen molar-refractivity contribution in [3.05, 3.63) is 59.5 Å². The van der Waals surface area contributed by atoms with E-state index in [0.29, 0.717) is 0 Å². The van der Waals surface area contributed by atoms with Crippen LogP contribution in [0, 0.1) is 5.92 Å². The summed E-state index contributed by atoms with van der Waals surface area (Å²) in [6, 6.07) is 4.15. The van der Waals surface area contributed by atoms with Gasteiger partial charge in [0.05, 0.1) is 18.8 Å². The van der Waals surface area contributed by atoms with Crippen molar-refractivity contribution in [2.24, 2.45) is 5.92 Å². The molecule has 2 nitrogen and oxygen atoms in total. The Labute approximate surface area is 134 Å². The van der Waals surface area contributed by atoms with E-state index in [9.17, 15) is 0 Å². The zero-order valence-corrected chi connectivity index (χ0v) is 14.1. The first kappa shape index (κ1) is 16.7. The lowest BCUT2D eigenvalue weighted by molar-refractivity contribution is 0.515. The van der Waals surface area contributed by atoms with E-state index in [2.05, 4.69) is 32.9 Å². The van der Waals surface area contributed by atoms with E-state index in [4.69, 9.17) is 8.83 Å². The number of furan rings is 2. The summed E-state index contributed by atoms with van der Waals surface area (Å²) in [5.74, 6) is 1.81. The molecule has 0 saturated carbocycles. The molecule has 0 fully saturated rings. The fraction of sp³-hybridized carbons (Fsp3) is 0.500. The van der Waals surface area contributed by atoms with E-state index in [1.54, 1.807) is 12.5 Å². The molecule has 0 aromatic carbocycles. The van der Waals surface area contributed by atoms with Crippen LogP contribution in [0.15, 0.2) is 51.4 Å². The predicted molar refractivity (Wildman–Crippen MR) is 91.0 cm³/mol. The topological polar surface area (TPSA) is 26.3 Å². The highest BCUT2D eigenvalue weighted by Gasteiger charge is 2.04. The van der Waals surface area contributed by atoms with Gasteiger partial charge in [0.2, 0.25) is 0 Å². The van der Waals surface area contributed by atoms with Gasteiger partial charge in [-0.05, 0) is 68.2 Å². The molecule has 0 saturated heterocycles. The molecule has 0 atom stereocenters. The van der Waals surface area contributed by atoms with Crippen molar-refractivity contribution >= 4 is 0 Å². The molecular formula is C20H28O2. The summed E-state index contributed by atoms with van der Waals surface area (Å²) in [6.07, 6.45) is 14.5. The number of hydrogen-bond acceptors (Lipinski definition) is 2. The Morgan fingerprint density at radius 2 is 2.09 bits per heavy atom. The normalized spacial score (nSPS) is 12.3. The molecule has 2 aromatic rings. The molecule has 0 unspecified atom stereocenters. The maximum atomic E-state index is 5.63. The zero-order chi connectivity index (χ0) is 15.8. The molecule has 2 heteroatoms. The predicted octanol–water partition coefficient (Wildman–Crippen LogP) is 6.17. The van der Waals surface area contributed by atoms with Crippen LogP contribution in [0.2, 0.25) is 0 Å². The Balaban J connectivity index is 1.70. The minimum atomic E-state index is 0.795. The lowest BCUT2D eigenvalue weighted by Crippen LogP contribution is -1.87. The molecule has 0 N–H and O–H groups in total. The molecule has 2 heterocycles. The average Bonchev–Trinajstić information content (AvgIpc) is 3.11. The molecule has 2 aromatic heterocycles. The fourth-order valence-corrected chi connectivity index (χ4v) is 2.58. The Bertz CT molecular complexity index is 558. The van der Waals surface area contributed by atoms with Gasteiger partial charge in [-0.2, -0.15) is 0 Å². The summed E-state index contributed by atoms with van der Waals surface area (Å²) in [4.78, 5) is 0. The van der Waals surface area contributed by atoms with Gasteiger partial charge >= 0.3 is 0 Å². The number of hydrogen-bond donors (Lipinski definition) is 0. The molecule has 0 aliphatic heterocycles. The van der Waals surface area contributed by atoms with Crippen molar-refractivity contribution in [1.82, 2.24) is 0 Å². The van der Waals surface area contributed by atoms with Crippen LogP contribution in [0.4, 0.5) is 0 Å². The van der Waals surface area contributed by atoms with E-state index < -0.39 is 0 Å². The second-order valence-corrected chi connectivity index (χ2v) is 6.60. The third kappa shape index (κ3) is 5.97. The summed E-state index contributed by atoms with van der Waals surface area (Å²) in [7, 11) is 0. The van der Waals surface area contributed by atoms with Gasteiger partial charge < -0.3 is 8.83 Å². The third-order valence-corrected chi connectivity index (χ3v) is 3.94. The molecule has 0 radical (unpaired) electrons. The van der Waals surface area contributed by atoms with Crippen molar-refractivity contribution in [3.63, 3.8) is 0 Å². The average molecular weight is 300 g/mol. The number of allylic oxidation sites excluding steroid dienone is 2. The van der Waals surface area contributed by atoms with Crippen LogP contribution in [-0.4, -0.2) is 0 Å². The standard InChI is InChI=1S/C20H28O2/c1-16(2)6-4-7-17(3)8-5-9-18-12-20(22-15-18)13-19-10-11-21-14-19/h7,10-12,14-16H,4-6,8-9,13H2,1-3H3/b17-7-. The molecule has 0 aliphatic carbocycles. The summed E-state index contributed by atoms with van der Waals surface area (Å²) in [6.45, 7) is 6.81. The van der Waals surface area contributed by atoms with E-state index in [-0.39, 0.29) is 0 Å². The minimum absolute atomic E-state index is 0.795. The molecular weight excluding hydrogens is 272 g/mol. The first-order chi connectivity index (χ1) is 10.6. The van der Waals surface area contributed by atoms with Crippen molar-refractivity contribution in [2.75, 3.05) is 0 Å². The Morgan fingerprint density at radius 3 is 2.82 bits per heavy atom. The first-order valence-electron chi connectivity index (χ1n) is 8.36. The van der Waals surface area contributed by atoms with Crippen molar-refractivity contribution in [3.8, 4) is 0 Å². The van der Waals surface area contributed by atoms with E-state index in [0.717, 1.165) is 30.1 Å². The van der Waals surface area contributed by atoms with Crippen LogP contribution in [-0.2, 0) is 12.8 Å². The van der Waals surface area contributed by atoms with Crippen molar-refractivity contribution in [2.45, 2.75) is 59.3 Å². The highest BCUT2D eigenvalue weighted by Crippen LogP contribution is 2.17. The van der Waals surface area contributed by atoms with Gasteiger partial charge in [-0.25, -0.2) is 0 Å². The molecule has 0 amide bonds. The Morgan fingerprint density at radius 1 is 1.23 bits per heavy atom. The monoisotopic (exact) mass is 300 g/mol. The third-order valence-electron chi connectivity index (χ3n) is 3.94. The van der Waals surface area contributed by atoms with Crippen LogP contribution in [0.1, 0.15) is 63.3 Å². The fourth-order valence-electron chi connectivity index (χ4n) is 2.58. The second kappa shape index (κ2) is 8.67. The molecule has 0 spiro atoms. The number of aryl methyl sites for hydroxylation is 1. The van der Waals surface area contributed by atoms with E-state index in [1.165, 1.54) is 36.8 Å². The first-order valence-corrected chi connectivity index (χ1v) is 8.36. The summed E-state index contributed by atoms with van der Waals surface area (Å²) < 4.78 is 10.7. The van der Waals surface area contributed by atoms with Gasteiger partial charge in [0.15, 0.2) is 0 Å². The van der Waals surface area contributed by atoms with Crippen LogP contribution in [0.3, 0.4) is 0 Å². The van der Waals surface area contributed by atoms with E-state index in [1.807, 2.05) is 12.3 Å². The Hall–Kier alpha value is -1.70. The van der Waals surface area contributed by atoms with Crippen LogP contribution in [0.25, 0.3) is 0 Å². The van der Waals surface area contributed by atoms with Gasteiger partial charge in [-0.1, -0.05) is 25.5 Å². The molecule has 22 heavy (non-hydrogen) atoms. The molecule has 120 valence electrons. The maximum absolute atomic E-state index is 5.63. The molecule has 2 rings (SSSR count). The lowest BCUT2D eigenvalue weighted by atomic mass is 10.0. The highest BCUT2D eigenvalue weighted by atomic mass is 16.3. The second-order valence-electron chi connectivity index (χ2n) is 6.60. The van der Waals surface area contributed by atoms with Crippen LogP contribution >= 0.6 is 0 Å². The smallest absolute Gasteiger partial charge is 0.108 e. The van der Waals surface area contributed by atoms with Crippen LogP contribution in [0.5, 0.6) is 0 Å². The van der Waals surface area contributed by atoms with Crippen molar-refractivity contribution < 1.29 is 8.83 Å². The highest BCUT2D eigenvalue weighted by molar-refractivity contribution is 5.20. The summed E-state index contributed by atoms with van der Waals surface area (Å²) in [5, 5.41) is 0. The summed E-state index contributed by atoms with van der Waals surface area (Å²) >= 11 is 0. The maximum Gasteiger partial charge on any atom is 0.108 e. The van der Waals surface area contributed by atoms with Gasteiger partial charge in [0, 0.05) is 6.42 Å². The van der Waals surface area contributed by atoms with E-state index >= 15 is 0 Å². The van der Waals surface area contributed by atoms with Crippen LogP contribution < -0.4 is 0 Å². The summed E-state index contributed by atoms with van der Waals surface area (Å²) in [5.41, 5.74) is 3.97.